The van der Waals surface area contributed by atoms with Crippen molar-refractivity contribution in [2.75, 3.05) is 39.4 Å². The van der Waals surface area contributed by atoms with Gasteiger partial charge in [0.05, 0.1) is 25.8 Å². The van der Waals surface area contributed by atoms with Crippen molar-refractivity contribution < 1.29 is 14.3 Å². The first-order chi connectivity index (χ1) is 13.6. The molecule has 148 valence electrons. The molecule has 2 aromatic carbocycles. The van der Waals surface area contributed by atoms with Gasteiger partial charge in [-0.05, 0) is 24.1 Å². The first-order valence-corrected chi connectivity index (χ1v) is 9.62. The summed E-state index contributed by atoms with van der Waals surface area (Å²) in [5.74, 6) is -0.443. The van der Waals surface area contributed by atoms with E-state index in [1.165, 1.54) is 0 Å². The molecule has 1 fully saturated rings. The van der Waals surface area contributed by atoms with E-state index in [0.717, 1.165) is 24.2 Å². The number of rotatable bonds is 7. The predicted octanol–water partition coefficient (Wildman–Crippen LogP) is 1.91. The normalized spacial score (nSPS) is 15.6. The molecule has 1 atom stereocenters. The average Bonchev–Trinajstić information content (AvgIpc) is 2.73. The molecule has 1 unspecified atom stereocenters. The fourth-order valence-corrected chi connectivity index (χ4v) is 3.29. The van der Waals surface area contributed by atoms with Crippen molar-refractivity contribution >= 4 is 11.8 Å². The molecule has 0 bridgehead atoms. The summed E-state index contributed by atoms with van der Waals surface area (Å²) in [7, 11) is 0. The summed E-state index contributed by atoms with van der Waals surface area (Å²) in [6.45, 7) is 5.66. The first-order valence-electron chi connectivity index (χ1n) is 9.62. The minimum Gasteiger partial charge on any atom is -0.379 e. The molecule has 1 heterocycles. The number of hydrogen-bond acceptors (Lipinski definition) is 4. The summed E-state index contributed by atoms with van der Waals surface area (Å²) >= 11 is 0. The maximum absolute atomic E-state index is 12.5. The second-order valence-electron chi connectivity index (χ2n) is 6.94. The van der Waals surface area contributed by atoms with E-state index in [2.05, 4.69) is 15.5 Å². The third-order valence-electron chi connectivity index (χ3n) is 4.88. The van der Waals surface area contributed by atoms with E-state index in [-0.39, 0.29) is 24.4 Å². The minimum absolute atomic E-state index is 0.0559. The van der Waals surface area contributed by atoms with E-state index < -0.39 is 0 Å². The van der Waals surface area contributed by atoms with Crippen LogP contribution < -0.4 is 10.6 Å². The predicted molar refractivity (Wildman–Crippen MR) is 108 cm³/mol. The van der Waals surface area contributed by atoms with Gasteiger partial charge in [-0.25, -0.2) is 0 Å². The van der Waals surface area contributed by atoms with Crippen molar-refractivity contribution in [3.8, 4) is 0 Å². The summed E-state index contributed by atoms with van der Waals surface area (Å²) in [6.07, 6.45) is 0. The first kappa shape index (κ1) is 20.0. The number of ether oxygens (including phenoxy) is 1. The molecular formula is C22H27N3O3. The van der Waals surface area contributed by atoms with Crippen molar-refractivity contribution in [2.24, 2.45) is 0 Å². The maximum atomic E-state index is 12.5. The van der Waals surface area contributed by atoms with Crippen LogP contribution in [0.15, 0.2) is 54.6 Å². The number of carbonyl (C=O) groups is 2. The maximum Gasteiger partial charge on any atom is 0.251 e. The highest BCUT2D eigenvalue weighted by atomic mass is 16.5. The van der Waals surface area contributed by atoms with Crippen molar-refractivity contribution in [3.05, 3.63) is 71.3 Å². The molecule has 0 saturated carbocycles. The summed E-state index contributed by atoms with van der Waals surface area (Å²) < 4.78 is 5.41. The molecule has 2 aromatic rings. The molecule has 2 N–H and O–H groups in total. The fraction of sp³-hybridized carbons (Fsp3) is 0.364. The zero-order valence-electron chi connectivity index (χ0n) is 16.2. The van der Waals surface area contributed by atoms with Gasteiger partial charge in [-0.2, -0.15) is 0 Å². The molecule has 6 heteroatoms. The molecule has 0 aliphatic carbocycles. The minimum atomic E-state index is -0.238. The quantitative estimate of drug-likeness (QED) is 0.769. The van der Waals surface area contributed by atoms with E-state index in [4.69, 9.17) is 4.74 Å². The lowest BCUT2D eigenvalue weighted by molar-refractivity contribution is -0.121. The Labute approximate surface area is 165 Å². The molecule has 2 amide bonds. The number of morpholine rings is 1. The Bertz CT molecular complexity index is 789. The highest BCUT2D eigenvalue weighted by Crippen LogP contribution is 2.15. The number of nitrogens with zero attached hydrogens (tertiary/aromatic N) is 1. The Kier molecular flexibility index (Phi) is 7.17. The van der Waals surface area contributed by atoms with Gasteiger partial charge < -0.3 is 15.4 Å². The van der Waals surface area contributed by atoms with Crippen LogP contribution >= 0.6 is 0 Å². The second kappa shape index (κ2) is 10.0. The molecule has 0 spiro atoms. The highest BCUT2D eigenvalue weighted by Gasteiger charge is 2.20. The molecule has 1 aliphatic heterocycles. The second-order valence-corrected chi connectivity index (χ2v) is 6.94. The van der Waals surface area contributed by atoms with E-state index >= 15 is 0 Å². The zero-order chi connectivity index (χ0) is 19.8. The molecule has 0 aromatic heterocycles. The zero-order valence-corrected chi connectivity index (χ0v) is 16.2. The van der Waals surface area contributed by atoms with E-state index in [0.29, 0.717) is 25.3 Å². The number of hydrogen-bond donors (Lipinski definition) is 2. The standard InChI is InChI=1S/C22H27N3O3/c1-17-7-5-6-10-19(17)22(27)23-15-21(26)24-20(18-8-3-2-4-9-18)16-25-11-13-28-14-12-25/h2-10,20H,11-16H2,1H3,(H,23,27)(H,24,26). The lowest BCUT2D eigenvalue weighted by Gasteiger charge is -2.31. The Hall–Kier alpha value is -2.70. The van der Waals surface area contributed by atoms with Gasteiger partial charge >= 0.3 is 0 Å². The van der Waals surface area contributed by atoms with Gasteiger partial charge in [0.2, 0.25) is 5.91 Å². The lowest BCUT2D eigenvalue weighted by Crippen LogP contribution is -2.45. The van der Waals surface area contributed by atoms with Gasteiger partial charge in [0.25, 0.3) is 5.91 Å². The summed E-state index contributed by atoms with van der Waals surface area (Å²) in [5, 5.41) is 5.78. The van der Waals surface area contributed by atoms with Crippen LogP contribution in [0.1, 0.15) is 27.5 Å². The average molecular weight is 381 g/mol. The summed E-state index contributed by atoms with van der Waals surface area (Å²) in [4.78, 5) is 27.1. The topological polar surface area (TPSA) is 70.7 Å². The summed E-state index contributed by atoms with van der Waals surface area (Å²) in [6, 6.07) is 17.1. The molecule has 1 saturated heterocycles. The SMILES string of the molecule is Cc1ccccc1C(=O)NCC(=O)NC(CN1CCOCC1)c1ccccc1. The number of benzene rings is 2. The van der Waals surface area contributed by atoms with Gasteiger partial charge in [0.1, 0.15) is 0 Å². The summed E-state index contributed by atoms with van der Waals surface area (Å²) in [5.41, 5.74) is 2.52. The van der Waals surface area contributed by atoms with Gasteiger partial charge in [-0.1, -0.05) is 48.5 Å². The third-order valence-corrected chi connectivity index (χ3v) is 4.88. The van der Waals surface area contributed by atoms with Gasteiger partial charge in [0.15, 0.2) is 0 Å². The molecule has 1 aliphatic rings. The third kappa shape index (κ3) is 5.65. The van der Waals surface area contributed by atoms with Crippen molar-refractivity contribution in [1.29, 1.82) is 0 Å². The molecule has 0 radical (unpaired) electrons. The van der Waals surface area contributed by atoms with Crippen molar-refractivity contribution in [1.82, 2.24) is 15.5 Å². The van der Waals surface area contributed by atoms with Crippen LogP contribution in [0, 0.1) is 6.92 Å². The molecule has 3 rings (SSSR count). The Morgan fingerprint density at radius 1 is 1.04 bits per heavy atom. The molecule has 6 nitrogen and oxygen atoms in total. The smallest absolute Gasteiger partial charge is 0.251 e. The highest BCUT2D eigenvalue weighted by molar-refractivity contribution is 5.97. The molecular weight excluding hydrogens is 354 g/mol. The Morgan fingerprint density at radius 3 is 2.43 bits per heavy atom. The van der Waals surface area contributed by atoms with Crippen LogP contribution in [-0.4, -0.2) is 56.1 Å². The Balaban J connectivity index is 1.59. The van der Waals surface area contributed by atoms with E-state index in [1.807, 2.05) is 55.5 Å². The fourth-order valence-electron chi connectivity index (χ4n) is 3.29. The van der Waals surface area contributed by atoms with Crippen LogP contribution in [0.25, 0.3) is 0 Å². The van der Waals surface area contributed by atoms with Crippen molar-refractivity contribution in [3.63, 3.8) is 0 Å². The monoisotopic (exact) mass is 381 g/mol. The lowest BCUT2D eigenvalue weighted by atomic mass is 10.1. The van der Waals surface area contributed by atoms with E-state index in [9.17, 15) is 9.59 Å². The number of carbonyl (C=O) groups excluding carboxylic acids is 2. The van der Waals surface area contributed by atoms with Crippen LogP contribution in [0.3, 0.4) is 0 Å². The number of amides is 2. The largest absolute Gasteiger partial charge is 0.379 e. The van der Waals surface area contributed by atoms with Crippen LogP contribution in [-0.2, 0) is 9.53 Å². The van der Waals surface area contributed by atoms with Gasteiger partial charge in [0, 0.05) is 25.2 Å². The van der Waals surface area contributed by atoms with Crippen LogP contribution in [0.4, 0.5) is 0 Å². The number of aryl methyl sites for hydroxylation is 1. The number of nitrogens with one attached hydrogen (secondary N) is 2. The van der Waals surface area contributed by atoms with Crippen LogP contribution in [0.5, 0.6) is 0 Å². The Morgan fingerprint density at radius 2 is 1.71 bits per heavy atom. The van der Waals surface area contributed by atoms with E-state index in [1.54, 1.807) is 6.07 Å². The van der Waals surface area contributed by atoms with Gasteiger partial charge in [-0.15, -0.1) is 0 Å². The molecule has 28 heavy (non-hydrogen) atoms. The van der Waals surface area contributed by atoms with Gasteiger partial charge in [-0.3, -0.25) is 14.5 Å². The van der Waals surface area contributed by atoms with Crippen molar-refractivity contribution in [2.45, 2.75) is 13.0 Å². The van der Waals surface area contributed by atoms with Crippen LogP contribution in [0.2, 0.25) is 0 Å².